The molecule has 1 N–H and O–H groups in total. The van der Waals surface area contributed by atoms with Gasteiger partial charge in [-0.2, -0.15) is 0 Å². The monoisotopic (exact) mass is 368 g/mol. The lowest BCUT2D eigenvalue weighted by Crippen LogP contribution is -2.17. The Kier molecular flexibility index (Phi) is 19.8. The fourth-order valence-corrected chi connectivity index (χ4v) is 2.90. The summed E-state index contributed by atoms with van der Waals surface area (Å²) >= 11 is 0. The van der Waals surface area contributed by atoms with Gasteiger partial charge in [0.15, 0.2) is 0 Å². The van der Waals surface area contributed by atoms with E-state index in [4.69, 9.17) is 4.74 Å². The molecule has 0 heterocycles. The molecule has 3 heteroatoms. The highest BCUT2D eigenvalue weighted by Crippen LogP contribution is 2.10. The molecular formula is C23H44O3. The van der Waals surface area contributed by atoms with Crippen molar-refractivity contribution in [3.8, 4) is 0 Å². The first-order valence-corrected chi connectivity index (χ1v) is 11.2. The van der Waals surface area contributed by atoms with Gasteiger partial charge in [0.05, 0.1) is 6.10 Å². The van der Waals surface area contributed by atoms with Gasteiger partial charge < -0.3 is 9.84 Å². The van der Waals surface area contributed by atoms with Gasteiger partial charge in [-0.25, -0.2) is 0 Å². The van der Waals surface area contributed by atoms with E-state index in [1.165, 1.54) is 77.0 Å². The minimum absolute atomic E-state index is 0.139. The van der Waals surface area contributed by atoms with Crippen LogP contribution in [-0.2, 0) is 9.53 Å². The first kappa shape index (κ1) is 25.2. The second-order valence-corrected chi connectivity index (χ2v) is 7.43. The number of aliphatic hydroxyl groups excluding tert-OH is 1. The Morgan fingerprint density at radius 1 is 0.808 bits per heavy atom. The van der Waals surface area contributed by atoms with Crippen molar-refractivity contribution in [2.75, 3.05) is 6.61 Å². The fourth-order valence-electron chi connectivity index (χ4n) is 2.90. The lowest BCUT2D eigenvalue weighted by Gasteiger charge is -2.08. The summed E-state index contributed by atoms with van der Waals surface area (Å²) in [6.07, 6.45) is 23.1. The van der Waals surface area contributed by atoms with Crippen LogP contribution in [0.15, 0.2) is 12.2 Å². The average Bonchev–Trinajstić information content (AvgIpc) is 2.65. The van der Waals surface area contributed by atoms with Crippen molar-refractivity contribution in [1.82, 2.24) is 0 Å². The van der Waals surface area contributed by atoms with Gasteiger partial charge in [-0.1, -0.05) is 83.8 Å². The smallest absolute Gasteiger partial charge is 0.305 e. The van der Waals surface area contributed by atoms with Gasteiger partial charge in [0.1, 0.15) is 6.61 Å². The summed E-state index contributed by atoms with van der Waals surface area (Å²) in [5.41, 5.74) is 0. The van der Waals surface area contributed by atoms with E-state index in [9.17, 15) is 9.90 Å². The van der Waals surface area contributed by atoms with Crippen molar-refractivity contribution in [3.05, 3.63) is 12.2 Å². The molecule has 3 nitrogen and oxygen atoms in total. The van der Waals surface area contributed by atoms with Crippen LogP contribution in [-0.4, -0.2) is 23.8 Å². The maximum absolute atomic E-state index is 11.5. The van der Waals surface area contributed by atoms with Gasteiger partial charge in [0, 0.05) is 6.42 Å². The van der Waals surface area contributed by atoms with Crippen LogP contribution in [0.25, 0.3) is 0 Å². The number of hydrogen-bond donors (Lipinski definition) is 1. The predicted molar refractivity (Wildman–Crippen MR) is 111 cm³/mol. The first-order valence-electron chi connectivity index (χ1n) is 11.2. The Morgan fingerprint density at radius 2 is 1.31 bits per heavy atom. The van der Waals surface area contributed by atoms with E-state index in [0.29, 0.717) is 12.8 Å². The molecule has 0 amide bonds. The molecule has 1 atom stereocenters. The summed E-state index contributed by atoms with van der Waals surface area (Å²) in [5, 5.41) is 9.34. The number of ether oxygens (including phenoxy) is 1. The molecule has 0 aliphatic rings. The van der Waals surface area contributed by atoms with Gasteiger partial charge in [-0.15, -0.1) is 0 Å². The van der Waals surface area contributed by atoms with Gasteiger partial charge in [-0.05, 0) is 38.5 Å². The number of unbranched alkanes of at least 4 members (excludes halogenated alkanes) is 12. The zero-order valence-corrected chi connectivity index (χ0v) is 17.5. The third-order valence-electron chi connectivity index (χ3n) is 4.80. The molecule has 1 unspecified atom stereocenters. The Labute approximate surface area is 162 Å². The summed E-state index contributed by atoms with van der Waals surface area (Å²) < 4.78 is 5.02. The van der Waals surface area contributed by atoms with E-state index >= 15 is 0 Å². The molecule has 0 aliphatic carbocycles. The lowest BCUT2D eigenvalue weighted by molar-refractivity contribution is -0.146. The Morgan fingerprint density at radius 3 is 1.85 bits per heavy atom. The lowest BCUT2D eigenvalue weighted by atomic mass is 10.1. The third kappa shape index (κ3) is 19.5. The molecule has 0 spiro atoms. The number of hydrogen-bond acceptors (Lipinski definition) is 3. The molecule has 0 fully saturated rings. The van der Waals surface area contributed by atoms with Crippen molar-refractivity contribution in [3.63, 3.8) is 0 Å². The van der Waals surface area contributed by atoms with Gasteiger partial charge in [0.25, 0.3) is 0 Å². The van der Waals surface area contributed by atoms with E-state index in [-0.39, 0.29) is 12.6 Å². The number of carbonyl (C=O) groups excluding carboxylic acids is 1. The van der Waals surface area contributed by atoms with Crippen LogP contribution in [0.2, 0.25) is 0 Å². The zero-order chi connectivity index (χ0) is 19.3. The molecule has 0 aromatic carbocycles. The number of allylic oxidation sites excluding steroid dienone is 2. The molecule has 0 saturated carbocycles. The van der Waals surface area contributed by atoms with E-state index in [0.717, 1.165) is 12.8 Å². The second-order valence-electron chi connectivity index (χ2n) is 7.43. The summed E-state index contributed by atoms with van der Waals surface area (Å²) in [6.45, 7) is 4.28. The van der Waals surface area contributed by atoms with E-state index in [1.807, 2.05) is 6.92 Å². The topological polar surface area (TPSA) is 46.5 Å². The normalized spacial score (nSPS) is 12.6. The standard InChI is InChI=1S/C23H44O3/c1-3-5-6-7-8-9-10-11-12-13-14-15-16-17-18-19-20-23(25)26-21-22(24)4-2/h12-13,22,24H,3-11,14-21H2,1-2H3/b13-12-. The van der Waals surface area contributed by atoms with Crippen LogP contribution >= 0.6 is 0 Å². The number of rotatable bonds is 19. The van der Waals surface area contributed by atoms with Crippen molar-refractivity contribution in [2.45, 2.75) is 123 Å². The van der Waals surface area contributed by atoms with Crippen molar-refractivity contribution in [2.24, 2.45) is 0 Å². The Balaban J connectivity index is 3.22. The molecule has 26 heavy (non-hydrogen) atoms. The van der Waals surface area contributed by atoms with E-state index < -0.39 is 6.10 Å². The molecule has 0 rings (SSSR count). The fraction of sp³-hybridized carbons (Fsp3) is 0.870. The minimum atomic E-state index is -0.516. The maximum Gasteiger partial charge on any atom is 0.305 e. The molecule has 0 radical (unpaired) electrons. The molecule has 154 valence electrons. The predicted octanol–water partition coefficient (Wildman–Crippen LogP) is 6.73. The summed E-state index contributed by atoms with van der Waals surface area (Å²) in [4.78, 5) is 11.5. The van der Waals surface area contributed by atoms with E-state index in [2.05, 4.69) is 19.1 Å². The summed E-state index contributed by atoms with van der Waals surface area (Å²) in [7, 11) is 0. The van der Waals surface area contributed by atoms with Crippen LogP contribution in [0.4, 0.5) is 0 Å². The van der Waals surface area contributed by atoms with Crippen LogP contribution in [0.5, 0.6) is 0 Å². The third-order valence-corrected chi connectivity index (χ3v) is 4.80. The number of esters is 1. The first-order chi connectivity index (χ1) is 12.7. The largest absolute Gasteiger partial charge is 0.463 e. The van der Waals surface area contributed by atoms with Crippen molar-refractivity contribution < 1.29 is 14.6 Å². The molecule has 0 aromatic rings. The molecule has 0 saturated heterocycles. The highest BCUT2D eigenvalue weighted by atomic mass is 16.5. The number of carbonyl (C=O) groups is 1. The molecule has 0 aromatic heterocycles. The van der Waals surface area contributed by atoms with Crippen molar-refractivity contribution in [1.29, 1.82) is 0 Å². The minimum Gasteiger partial charge on any atom is -0.463 e. The van der Waals surface area contributed by atoms with Gasteiger partial charge >= 0.3 is 5.97 Å². The zero-order valence-electron chi connectivity index (χ0n) is 17.5. The average molecular weight is 369 g/mol. The van der Waals surface area contributed by atoms with E-state index in [1.54, 1.807) is 0 Å². The summed E-state index contributed by atoms with van der Waals surface area (Å²) in [5.74, 6) is -0.175. The number of aliphatic hydroxyl groups is 1. The molecule has 0 bridgehead atoms. The highest BCUT2D eigenvalue weighted by Gasteiger charge is 2.06. The highest BCUT2D eigenvalue weighted by molar-refractivity contribution is 5.69. The van der Waals surface area contributed by atoms with Crippen LogP contribution in [0.1, 0.15) is 117 Å². The van der Waals surface area contributed by atoms with Crippen LogP contribution < -0.4 is 0 Å². The van der Waals surface area contributed by atoms with Crippen LogP contribution in [0.3, 0.4) is 0 Å². The SMILES string of the molecule is CCCCCCCCC/C=C\CCCCCCCC(=O)OCC(O)CC. The quantitative estimate of drug-likeness (QED) is 0.156. The van der Waals surface area contributed by atoms with Crippen molar-refractivity contribution >= 4 is 5.97 Å². The maximum atomic E-state index is 11.5. The summed E-state index contributed by atoms with van der Waals surface area (Å²) in [6, 6.07) is 0. The molecule has 0 aliphatic heterocycles. The van der Waals surface area contributed by atoms with Gasteiger partial charge in [0.2, 0.25) is 0 Å². The molecular weight excluding hydrogens is 324 g/mol. The Bertz CT molecular complexity index is 325. The Hall–Kier alpha value is -0.830. The second kappa shape index (κ2) is 20.5. The van der Waals surface area contributed by atoms with Gasteiger partial charge in [-0.3, -0.25) is 4.79 Å². The van der Waals surface area contributed by atoms with Crippen LogP contribution in [0, 0.1) is 0 Å².